The first-order valence-electron chi connectivity index (χ1n) is 5.76. The van der Waals surface area contributed by atoms with E-state index < -0.39 is 0 Å². The molecule has 0 bridgehead atoms. The van der Waals surface area contributed by atoms with Crippen LogP contribution in [0.15, 0.2) is 16.6 Å². The lowest BCUT2D eigenvalue weighted by atomic mass is 9.97. The number of Topliss-reactive ketones (excluding diaryl/α,β-unsaturated/α-hetero) is 1. The summed E-state index contributed by atoms with van der Waals surface area (Å²) in [5.74, 6) is 1.51. The quantitative estimate of drug-likeness (QED) is 0.802. The Morgan fingerprint density at radius 1 is 1.35 bits per heavy atom. The summed E-state index contributed by atoms with van der Waals surface area (Å²) in [7, 11) is 0. The van der Waals surface area contributed by atoms with Crippen molar-refractivity contribution < 1.29 is 14.3 Å². The topological polar surface area (TPSA) is 35.5 Å². The largest absolute Gasteiger partial charge is 0.486 e. The van der Waals surface area contributed by atoms with Crippen LogP contribution in [-0.2, 0) is 0 Å². The molecule has 0 saturated carbocycles. The zero-order valence-corrected chi connectivity index (χ0v) is 11.5. The maximum atomic E-state index is 12.2. The molecule has 0 spiro atoms. The molecule has 1 atom stereocenters. The van der Waals surface area contributed by atoms with E-state index in [2.05, 4.69) is 15.9 Å². The summed E-state index contributed by atoms with van der Waals surface area (Å²) in [6, 6.07) is 3.58. The third kappa shape index (κ3) is 2.46. The van der Waals surface area contributed by atoms with Crippen molar-refractivity contribution in [1.82, 2.24) is 0 Å². The van der Waals surface area contributed by atoms with Crippen LogP contribution in [-0.4, -0.2) is 19.0 Å². The number of ether oxygens (including phenoxy) is 2. The molecule has 0 fully saturated rings. The molecule has 1 aliphatic rings. The minimum atomic E-state index is 0.0221. The second-order valence-corrected chi connectivity index (χ2v) is 5.00. The molecule has 2 rings (SSSR count). The fourth-order valence-electron chi connectivity index (χ4n) is 1.70. The Morgan fingerprint density at radius 2 is 1.94 bits per heavy atom. The molecule has 17 heavy (non-hydrogen) atoms. The number of hydrogen-bond acceptors (Lipinski definition) is 3. The molecule has 1 aromatic rings. The normalized spacial score (nSPS) is 15.5. The summed E-state index contributed by atoms with van der Waals surface area (Å²) >= 11 is 3.42. The SMILES string of the molecule is CCC(C)C(=O)c1cc2c(cc1Br)OCCO2. The fraction of sp³-hybridized carbons (Fsp3) is 0.462. The van der Waals surface area contributed by atoms with Gasteiger partial charge in [0.2, 0.25) is 0 Å². The van der Waals surface area contributed by atoms with Crippen LogP contribution >= 0.6 is 15.9 Å². The van der Waals surface area contributed by atoms with Gasteiger partial charge in [-0.25, -0.2) is 0 Å². The van der Waals surface area contributed by atoms with E-state index in [0.29, 0.717) is 30.3 Å². The summed E-state index contributed by atoms with van der Waals surface area (Å²) in [5, 5.41) is 0. The lowest BCUT2D eigenvalue weighted by molar-refractivity contribution is 0.0925. The molecule has 1 aromatic carbocycles. The third-order valence-corrected chi connectivity index (χ3v) is 3.61. The van der Waals surface area contributed by atoms with Gasteiger partial charge in [-0.05, 0) is 34.5 Å². The Morgan fingerprint density at radius 3 is 2.53 bits per heavy atom. The summed E-state index contributed by atoms with van der Waals surface area (Å²) in [6.45, 7) is 5.03. The van der Waals surface area contributed by atoms with Crippen LogP contribution in [0.5, 0.6) is 11.5 Å². The predicted octanol–water partition coefficient (Wildman–Crippen LogP) is 3.45. The van der Waals surface area contributed by atoms with Crippen LogP contribution in [0.1, 0.15) is 30.6 Å². The van der Waals surface area contributed by atoms with E-state index in [1.807, 2.05) is 19.9 Å². The van der Waals surface area contributed by atoms with Crippen molar-refractivity contribution in [3.8, 4) is 11.5 Å². The average Bonchev–Trinajstić information content (AvgIpc) is 2.36. The van der Waals surface area contributed by atoms with E-state index in [-0.39, 0.29) is 11.7 Å². The molecule has 1 heterocycles. The van der Waals surface area contributed by atoms with Crippen molar-refractivity contribution in [1.29, 1.82) is 0 Å². The zero-order valence-electron chi connectivity index (χ0n) is 9.96. The molecule has 1 aliphatic heterocycles. The number of fused-ring (bicyclic) bond motifs is 1. The van der Waals surface area contributed by atoms with Crippen molar-refractivity contribution >= 4 is 21.7 Å². The summed E-state index contributed by atoms with van der Waals surface area (Å²) in [5.41, 5.74) is 0.670. The highest BCUT2D eigenvalue weighted by molar-refractivity contribution is 9.10. The molecule has 0 amide bonds. The van der Waals surface area contributed by atoms with E-state index >= 15 is 0 Å². The second kappa shape index (κ2) is 5.08. The van der Waals surface area contributed by atoms with Crippen LogP contribution in [0.3, 0.4) is 0 Å². The van der Waals surface area contributed by atoms with Crippen molar-refractivity contribution in [2.24, 2.45) is 5.92 Å². The average molecular weight is 299 g/mol. The number of rotatable bonds is 3. The highest BCUT2D eigenvalue weighted by Gasteiger charge is 2.21. The number of halogens is 1. The maximum Gasteiger partial charge on any atom is 0.166 e. The van der Waals surface area contributed by atoms with Crippen molar-refractivity contribution in [2.45, 2.75) is 20.3 Å². The first kappa shape index (κ1) is 12.4. The van der Waals surface area contributed by atoms with Gasteiger partial charge in [0.15, 0.2) is 17.3 Å². The smallest absolute Gasteiger partial charge is 0.166 e. The molecule has 3 nitrogen and oxygen atoms in total. The molecule has 1 unspecified atom stereocenters. The Bertz CT molecular complexity index is 443. The highest BCUT2D eigenvalue weighted by atomic mass is 79.9. The Labute approximate surface area is 109 Å². The van der Waals surface area contributed by atoms with E-state index in [0.717, 1.165) is 10.9 Å². The first-order chi connectivity index (χ1) is 8.13. The van der Waals surface area contributed by atoms with Gasteiger partial charge >= 0.3 is 0 Å². The molecule has 92 valence electrons. The van der Waals surface area contributed by atoms with Gasteiger partial charge in [0.25, 0.3) is 0 Å². The number of benzene rings is 1. The van der Waals surface area contributed by atoms with Crippen LogP contribution in [0.4, 0.5) is 0 Å². The van der Waals surface area contributed by atoms with Gasteiger partial charge in [-0.1, -0.05) is 13.8 Å². The molecule has 0 aliphatic carbocycles. The Balaban J connectivity index is 2.38. The number of ketones is 1. The van der Waals surface area contributed by atoms with E-state index in [9.17, 15) is 4.79 Å². The Hall–Kier alpha value is -1.03. The lowest BCUT2D eigenvalue weighted by Gasteiger charge is -2.20. The van der Waals surface area contributed by atoms with Gasteiger partial charge in [0, 0.05) is 16.0 Å². The van der Waals surface area contributed by atoms with Crippen LogP contribution in [0, 0.1) is 5.92 Å². The van der Waals surface area contributed by atoms with E-state index in [4.69, 9.17) is 9.47 Å². The Kier molecular flexibility index (Phi) is 3.72. The van der Waals surface area contributed by atoms with Crippen LogP contribution < -0.4 is 9.47 Å². The van der Waals surface area contributed by atoms with Gasteiger partial charge < -0.3 is 9.47 Å². The fourth-order valence-corrected chi connectivity index (χ4v) is 2.22. The first-order valence-corrected chi connectivity index (χ1v) is 6.56. The number of carbonyl (C=O) groups is 1. The molecule has 0 saturated heterocycles. The minimum absolute atomic E-state index is 0.0221. The van der Waals surface area contributed by atoms with Gasteiger partial charge in [0.1, 0.15) is 13.2 Å². The lowest BCUT2D eigenvalue weighted by Crippen LogP contribution is -2.17. The summed E-state index contributed by atoms with van der Waals surface area (Å²) in [6.07, 6.45) is 0.833. The van der Waals surface area contributed by atoms with Crippen LogP contribution in [0.25, 0.3) is 0 Å². The minimum Gasteiger partial charge on any atom is -0.486 e. The predicted molar refractivity (Wildman–Crippen MR) is 68.9 cm³/mol. The monoisotopic (exact) mass is 298 g/mol. The molecule has 4 heteroatoms. The summed E-state index contributed by atoms with van der Waals surface area (Å²) in [4.78, 5) is 12.2. The van der Waals surface area contributed by atoms with E-state index in [1.54, 1.807) is 6.07 Å². The maximum absolute atomic E-state index is 12.2. The third-order valence-electron chi connectivity index (χ3n) is 2.96. The van der Waals surface area contributed by atoms with Gasteiger partial charge in [-0.3, -0.25) is 4.79 Å². The molecule has 0 N–H and O–H groups in total. The zero-order chi connectivity index (χ0) is 12.4. The molecular weight excluding hydrogens is 284 g/mol. The van der Waals surface area contributed by atoms with Crippen LogP contribution in [0.2, 0.25) is 0 Å². The second-order valence-electron chi connectivity index (χ2n) is 4.15. The molecule has 0 radical (unpaired) electrons. The number of carbonyl (C=O) groups excluding carboxylic acids is 1. The highest BCUT2D eigenvalue weighted by Crippen LogP contribution is 2.36. The molecule has 0 aromatic heterocycles. The van der Waals surface area contributed by atoms with Crippen molar-refractivity contribution in [3.63, 3.8) is 0 Å². The molecular formula is C13H15BrO3. The van der Waals surface area contributed by atoms with Gasteiger partial charge in [-0.15, -0.1) is 0 Å². The number of hydrogen-bond donors (Lipinski definition) is 0. The van der Waals surface area contributed by atoms with E-state index in [1.165, 1.54) is 0 Å². The standard InChI is InChI=1S/C13H15BrO3/c1-3-8(2)13(15)9-6-11-12(7-10(9)14)17-5-4-16-11/h6-8H,3-5H2,1-2H3. The van der Waals surface area contributed by atoms with Gasteiger partial charge in [0.05, 0.1) is 0 Å². The van der Waals surface area contributed by atoms with Gasteiger partial charge in [-0.2, -0.15) is 0 Å². The summed E-state index contributed by atoms with van der Waals surface area (Å²) < 4.78 is 11.7. The van der Waals surface area contributed by atoms with Crippen molar-refractivity contribution in [2.75, 3.05) is 13.2 Å². The van der Waals surface area contributed by atoms with Crippen molar-refractivity contribution in [3.05, 3.63) is 22.2 Å².